The summed E-state index contributed by atoms with van der Waals surface area (Å²) < 4.78 is 7.90. The Balaban J connectivity index is 1.15. The number of carbonyl (C=O) groups excluding carboxylic acids is 3. The van der Waals surface area contributed by atoms with Crippen LogP contribution in [0.15, 0.2) is 112 Å². The van der Waals surface area contributed by atoms with Crippen LogP contribution in [0.4, 0.5) is 5.13 Å². The lowest BCUT2D eigenvalue weighted by Gasteiger charge is -2.50. The van der Waals surface area contributed by atoms with E-state index in [2.05, 4.69) is 56.8 Å². The summed E-state index contributed by atoms with van der Waals surface area (Å²) in [7, 11) is 1.35. The molecule has 54 heavy (non-hydrogen) atoms. The third-order valence-electron chi connectivity index (χ3n) is 9.16. The number of ether oxygens (including phenoxy) is 1. The molecule has 3 aromatic carbocycles. The second kappa shape index (κ2) is 15.8. The van der Waals surface area contributed by atoms with Crippen molar-refractivity contribution in [3.05, 3.63) is 129 Å². The number of nitrogens with one attached hydrogen (secondary N) is 2. The fourth-order valence-corrected chi connectivity index (χ4v) is 9.64. The molecule has 2 N–H and O–H groups in total. The molecule has 0 unspecified atom stereocenters. The lowest BCUT2D eigenvalue weighted by atomic mass is 9.77. The number of amides is 2. The molecule has 7 rings (SSSR count). The van der Waals surface area contributed by atoms with Crippen LogP contribution in [-0.4, -0.2) is 92.9 Å². The Hall–Kier alpha value is -4.92. The SMILES string of the molecule is CON=C(C(=O)N[C@@H]1C(=O)N2C(C(=O)OC(C)(C)C)=C(C[N+]3=CSCC3)SC[C@@H]12)c1csc(NC(c2ccccc2)(c2ccccc2)c2ccccc2)n1. The summed E-state index contributed by atoms with van der Waals surface area (Å²) in [6.07, 6.45) is 0. The van der Waals surface area contributed by atoms with Gasteiger partial charge in [0, 0.05) is 11.1 Å². The molecule has 4 aromatic rings. The van der Waals surface area contributed by atoms with Crippen molar-refractivity contribution < 1.29 is 28.5 Å². The van der Waals surface area contributed by atoms with E-state index in [1.54, 1.807) is 37.9 Å². The maximum atomic E-state index is 13.9. The first-order valence-electron chi connectivity index (χ1n) is 17.5. The third kappa shape index (κ3) is 7.55. The van der Waals surface area contributed by atoms with Gasteiger partial charge in [-0.1, -0.05) is 108 Å². The molecule has 0 bridgehead atoms. The van der Waals surface area contributed by atoms with Crippen LogP contribution >= 0.6 is 34.9 Å². The predicted molar refractivity (Wildman–Crippen MR) is 215 cm³/mol. The number of fused-ring (bicyclic) bond motifs is 1. The number of nitrogens with zero attached hydrogens (tertiary/aromatic N) is 4. The molecule has 0 saturated carbocycles. The van der Waals surface area contributed by atoms with Crippen LogP contribution in [0.3, 0.4) is 0 Å². The van der Waals surface area contributed by atoms with Crippen LogP contribution in [-0.2, 0) is 29.5 Å². The first kappa shape index (κ1) is 37.4. The number of anilines is 1. The van der Waals surface area contributed by atoms with Gasteiger partial charge in [0.1, 0.15) is 35.7 Å². The minimum absolute atomic E-state index is 0.0769. The van der Waals surface area contributed by atoms with Gasteiger partial charge in [-0.2, -0.15) is 0 Å². The molecule has 0 spiro atoms. The van der Waals surface area contributed by atoms with Crippen LogP contribution in [0.5, 0.6) is 0 Å². The maximum Gasteiger partial charge on any atom is 0.356 e. The van der Waals surface area contributed by atoms with Gasteiger partial charge in [0.2, 0.25) is 0 Å². The van der Waals surface area contributed by atoms with Crippen molar-refractivity contribution in [2.45, 2.75) is 44.0 Å². The zero-order chi connectivity index (χ0) is 37.9. The fourth-order valence-electron chi connectivity index (χ4n) is 6.77. The normalized spacial score (nSPS) is 18.7. The van der Waals surface area contributed by atoms with Gasteiger partial charge >= 0.3 is 5.97 Å². The highest BCUT2D eigenvalue weighted by Crippen LogP contribution is 2.42. The standard InChI is InChI=1S/C40H40N6O5S3/c1-39(2,3)51-37(49)34-31(22-45-20-21-52-25-45)53-24-30-33(36(48)46(30)34)42-35(47)32(44-50-4)29-23-54-38(41-29)43-40(26-14-8-5-9-15-26,27-16-10-6-11-17-27)28-18-12-7-13-19-28/h5-19,23,25,30,33H,20-22,24H2,1-4H3,(H-,41,42,43,47)/p+1/t30-,33-/m0/s1. The van der Waals surface area contributed by atoms with Crippen molar-refractivity contribution in [1.82, 2.24) is 15.2 Å². The summed E-state index contributed by atoms with van der Waals surface area (Å²) in [6.45, 7) is 6.75. The van der Waals surface area contributed by atoms with E-state index < -0.39 is 35.1 Å². The van der Waals surface area contributed by atoms with E-state index in [1.807, 2.05) is 60.1 Å². The third-order valence-corrected chi connectivity index (χ3v) is 12.0. The second-order valence-corrected chi connectivity index (χ2v) is 16.8. The van der Waals surface area contributed by atoms with Gasteiger partial charge in [-0.25, -0.2) is 14.4 Å². The molecule has 3 aliphatic rings. The number of hydrogen-bond donors (Lipinski definition) is 2. The first-order valence-corrected chi connectivity index (χ1v) is 20.4. The lowest BCUT2D eigenvalue weighted by Crippen LogP contribution is -2.73. The van der Waals surface area contributed by atoms with Crippen molar-refractivity contribution in [1.29, 1.82) is 0 Å². The smallest absolute Gasteiger partial charge is 0.356 e. The minimum atomic E-state index is -0.877. The van der Waals surface area contributed by atoms with Gasteiger partial charge in [0.15, 0.2) is 29.5 Å². The second-order valence-electron chi connectivity index (χ2n) is 13.9. The van der Waals surface area contributed by atoms with Gasteiger partial charge in [0.25, 0.3) is 11.8 Å². The Morgan fingerprint density at radius 1 is 0.963 bits per heavy atom. The molecule has 1 saturated heterocycles. The number of thiazole rings is 1. The highest BCUT2D eigenvalue weighted by atomic mass is 32.2. The van der Waals surface area contributed by atoms with Crippen molar-refractivity contribution in [2.75, 3.05) is 37.0 Å². The summed E-state index contributed by atoms with van der Waals surface area (Å²) in [5.41, 5.74) is 3.92. The van der Waals surface area contributed by atoms with Crippen LogP contribution in [0.1, 0.15) is 43.2 Å². The van der Waals surface area contributed by atoms with E-state index in [1.165, 1.54) is 35.1 Å². The number of rotatable bonds is 12. The number of hydrogen-bond acceptors (Lipinski definition) is 11. The molecule has 4 heterocycles. The molecular weight excluding hydrogens is 741 g/mol. The molecule has 278 valence electrons. The van der Waals surface area contributed by atoms with E-state index in [9.17, 15) is 14.4 Å². The summed E-state index contributed by atoms with van der Waals surface area (Å²) in [5, 5.41) is 12.9. The minimum Gasteiger partial charge on any atom is -0.455 e. The number of thioether (sulfide) groups is 2. The Labute approximate surface area is 326 Å². The first-order chi connectivity index (χ1) is 26.1. The van der Waals surface area contributed by atoms with E-state index in [-0.39, 0.29) is 23.0 Å². The molecule has 0 aliphatic carbocycles. The van der Waals surface area contributed by atoms with Gasteiger partial charge in [-0.3, -0.25) is 14.5 Å². The number of oxime groups is 1. The molecule has 1 aromatic heterocycles. The zero-order valence-electron chi connectivity index (χ0n) is 30.4. The van der Waals surface area contributed by atoms with Crippen LogP contribution in [0, 0.1) is 0 Å². The quantitative estimate of drug-likeness (QED) is 0.0467. The number of benzene rings is 3. The van der Waals surface area contributed by atoms with E-state index in [0.717, 1.165) is 33.9 Å². The molecule has 0 radical (unpaired) electrons. The molecule has 2 amide bonds. The Kier molecular flexibility index (Phi) is 11.0. The number of aromatic nitrogens is 1. The average Bonchev–Trinajstić information content (AvgIpc) is 3.87. The molecule has 2 atom stereocenters. The summed E-state index contributed by atoms with van der Waals surface area (Å²) in [4.78, 5) is 53.6. The predicted octanol–water partition coefficient (Wildman–Crippen LogP) is 5.68. The van der Waals surface area contributed by atoms with Crippen LogP contribution in [0.25, 0.3) is 0 Å². The Bertz CT molecular complexity index is 2020. The molecule has 11 nitrogen and oxygen atoms in total. The van der Waals surface area contributed by atoms with E-state index in [0.29, 0.717) is 17.4 Å². The number of β-lactam (4-membered cyclic amide) rings is 1. The summed E-state index contributed by atoms with van der Waals surface area (Å²) >= 11 is 4.56. The summed E-state index contributed by atoms with van der Waals surface area (Å²) in [6, 6.07) is 29.1. The largest absolute Gasteiger partial charge is 0.455 e. The Morgan fingerprint density at radius 3 is 2.11 bits per heavy atom. The number of carbonyl (C=O) groups is 3. The lowest BCUT2D eigenvalue weighted by molar-refractivity contribution is -0.504. The number of esters is 1. The monoisotopic (exact) mass is 781 g/mol. The van der Waals surface area contributed by atoms with Crippen molar-refractivity contribution >= 4 is 69.0 Å². The van der Waals surface area contributed by atoms with E-state index >= 15 is 0 Å². The van der Waals surface area contributed by atoms with Gasteiger partial charge < -0.3 is 20.2 Å². The highest BCUT2D eigenvalue weighted by Gasteiger charge is 2.55. The molecule has 1 fully saturated rings. The van der Waals surface area contributed by atoms with Gasteiger partial charge in [0.05, 0.1) is 16.7 Å². The van der Waals surface area contributed by atoms with Gasteiger partial charge in [-0.15, -0.1) is 23.1 Å². The van der Waals surface area contributed by atoms with E-state index in [4.69, 9.17) is 14.6 Å². The average molecular weight is 782 g/mol. The van der Waals surface area contributed by atoms with Crippen molar-refractivity contribution in [3.63, 3.8) is 0 Å². The Morgan fingerprint density at radius 2 is 1.57 bits per heavy atom. The molecule has 14 heteroatoms. The van der Waals surface area contributed by atoms with Crippen LogP contribution < -0.4 is 10.6 Å². The zero-order valence-corrected chi connectivity index (χ0v) is 32.8. The molecular formula is C40H41N6O5S3+. The van der Waals surface area contributed by atoms with Crippen molar-refractivity contribution in [2.24, 2.45) is 5.16 Å². The fraction of sp³-hybridized carbons (Fsp3) is 0.300. The maximum absolute atomic E-state index is 13.9. The van der Waals surface area contributed by atoms with Crippen LogP contribution in [0.2, 0.25) is 0 Å². The highest BCUT2D eigenvalue weighted by molar-refractivity contribution is 8.12. The van der Waals surface area contributed by atoms with Crippen molar-refractivity contribution in [3.8, 4) is 0 Å². The summed E-state index contributed by atoms with van der Waals surface area (Å²) in [5.74, 6) is -0.0885. The molecule has 3 aliphatic heterocycles. The topological polar surface area (TPSA) is 125 Å². The van der Waals surface area contributed by atoms with Gasteiger partial charge in [-0.05, 0) is 37.5 Å².